The minimum atomic E-state index is -0.853. The summed E-state index contributed by atoms with van der Waals surface area (Å²) in [6.45, 7) is 4.39. The standard InChI is InChI=1S/C23H34F2O/c1-3-5-6-7-8-9-17-26-21-16-15-20(22(24)23(21)25)19-13-11-18(10-4-2)12-14-19/h9,15-19H,3-8,10-14H2,1-2H3. The van der Waals surface area contributed by atoms with Gasteiger partial charge in [-0.05, 0) is 68.1 Å². The van der Waals surface area contributed by atoms with Crippen molar-refractivity contribution in [1.82, 2.24) is 0 Å². The molecule has 0 N–H and O–H groups in total. The Morgan fingerprint density at radius 2 is 1.73 bits per heavy atom. The molecule has 0 aliphatic heterocycles. The Morgan fingerprint density at radius 1 is 0.962 bits per heavy atom. The lowest BCUT2D eigenvalue weighted by molar-refractivity contribution is 0.302. The molecule has 0 spiro atoms. The Bertz CT molecular complexity index is 560. The van der Waals surface area contributed by atoms with E-state index in [4.69, 9.17) is 4.74 Å². The number of ether oxygens (including phenoxy) is 1. The summed E-state index contributed by atoms with van der Waals surface area (Å²) >= 11 is 0. The Labute approximate surface area is 157 Å². The van der Waals surface area contributed by atoms with E-state index in [2.05, 4.69) is 13.8 Å². The maximum Gasteiger partial charge on any atom is 0.201 e. The Kier molecular flexibility index (Phi) is 9.14. The molecular formula is C23H34F2O. The van der Waals surface area contributed by atoms with Gasteiger partial charge >= 0.3 is 0 Å². The van der Waals surface area contributed by atoms with Crippen molar-refractivity contribution in [3.8, 4) is 5.75 Å². The van der Waals surface area contributed by atoms with Crippen LogP contribution in [-0.4, -0.2) is 0 Å². The quantitative estimate of drug-likeness (QED) is 0.303. The molecule has 0 bridgehead atoms. The monoisotopic (exact) mass is 364 g/mol. The molecule has 2 rings (SSSR count). The average Bonchev–Trinajstić information content (AvgIpc) is 2.65. The minimum absolute atomic E-state index is 0.0178. The predicted molar refractivity (Wildman–Crippen MR) is 104 cm³/mol. The third kappa shape index (κ3) is 6.10. The van der Waals surface area contributed by atoms with E-state index < -0.39 is 11.6 Å². The maximum absolute atomic E-state index is 14.5. The van der Waals surface area contributed by atoms with E-state index in [1.165, 1.54) is 38.4 Å². The van der Waals surface area contributed by atoms with Crippen LogP contribution in [0, 0.1) is 17.6 Å². The van der Waals surface area contributed by atoms with Crippen molar-refractivity contribution in [3.63, 3.8) is 0 Å². The van der Waals surface area contributed by atoms with E-state index in [0.29, 0.717) is 5.56 Å². The van der Waals surface area contributed by atoms with E-state index in [9.17, 15) is 8.78 Å². The zero-order valence-electron chi connectivity index (χ0n) is 16.4. The van der Waals surface area contributed by atoms with E-state index in [0.717, 1.165) is 44.4 Å². The van der Waals surface area contributed by atoms with Crippen molar-refractivity contribution >= 4 is 0 Å². The van der Waals surface area contributed by atoms with Gasteiger partial charge in [0.25, 0.3) is 0 Å². The number of hydrogen-bond acceptors (Lipinski definition) is 1. The van der Waals surface area contributed by atoms with Crippen LogP contribution in [0.2, 0.25) is 0 Å². The zero-order chi connectivity index (χ0) is 18.8. The molecule has 3 heteroatoms. The summed E-state index contributed by atoms with van der Waals surface area (Å²) < 4.78 is 34.2. The average molecular weight is 365 g/mol. The molecule has 1 aromatic carbocycles. The number of hydrogen-bond donors (Lipinski definition) is 0. The molecule has 26 heavy (non-hydrogen) atoms. The third-order valence-electron chi connectivity index (χ3n) is 5.58. The first-order valence-electron chi connectivity index (χ1n) is 10.5. The first kappa shape index (κ1) is 20.9. The van der Waals surface area contributed by atoms with Crippen LogP contribution in [0.4, 0.5) is 8.78 Å². The highest BCUT2D eigenvalue weighted by atomic mass is 19.2. The van der Waals surface area contributed by atoms with Gasteiger partial charge in [0.15, 0.2) is 11.6 Å². The topological polar surface area (TPSA) is 9.23 Å². The van der Waals surface area contributed by atoms with Crippen LogP contribution in [0.25, 0.3) is 0 Å². The number of halogens is 2. The zero-order valence-corrected chi connectivity index (χ0v) is 16.4. The van der Waals surface area contributed by atoms with Crippen LogP contribution in [-0.2, 0) is 0 Å². The highest BCUT2D eigenvalue weighted by Gasteiger charge is 2.26. The lowest BCUT2D eigenvalue weighted by Crippen LogP contribution is -2.14. The van der Waals surface area contributed by atoms with Gasteiger partial charge in [-0.15, -0.1) is 0 Å². The fourth-order valence-electron chi connectivity index (χ4n) is 4.00. The molecule has 0 aromatic heterocycles. The molecule has 1 aromatic rings. The predicted octanol–water partition coefficient (Wildman–Crippen LogP) is 7.90. The molecule has 1 fully saturated rings. The molecule has 0 amide bonds. The Balaban J connectivity index is 1.88. The molecule has 0 atom stereocenters. The molecule has 0 radical (unpaired) electrons. The van der Waals surface area contributed by atoms with E-state index in [-0.39, 0.29) is 11.7 Å². The fourth-order valence-corrected chi connectivity index (χ4v) is 4.00. The van der Waals surface area contributed by atoms with Gasteiger partial charge < -0.3 is 4.74 Å². The summed E-state index contributed by atoms with van der Waals surface area (Å²) in [6, 6.07) is 3.29. The van der Waals surface area contributed by atoms with E-state index in [1.54, 1.807) is 12.1 Å². The van der Waals surface area contributed by atoms with Crippen LogP contribution in [0.15, 0.2) is 24.5 Å². The van der Waals surface area contributed by atoms with Crippen LogP contribution >= 0.6 is 0 Å². The second kappa shape index (κ2) is 11.4. The second-order valence-electron chi connectivity index (χ2n) is 7.63. The lowest BCUT2D eigenvalue weighted by atomic mass is 9.77. The molecule has 1 saturated carbocycles. The SMILES string of the molecule is CCCCCCC=COc1ccc(C2CCC(CCC)CC2)c(F)c1F. The van der Waals surface area contributed by atoms with Crippen molar-refractivity contribution < 1.29 is 13.5 Å². The van der Waals surface area contributed by atoms with Crippen molar-refractivity contribution in [2.45, 2.75) is 90.4 Å². The van der Waals surface area contributed by atoms with Crippen molar-refractivity contribution in [3.05, 3.63) is 41.7 Å². The summed E-state index contributed by atoms with van der Waals surface area (Å²) in [6.07, 6.45) is 15.6. The van der Waals surface area contributed by atoms with Gasteiger partial charge in [0, 0.05) is 0 Å². The fraction of sp³-hybridized carbons (Fsp3) is 0.652. The summed E-state index contributed by atoms with van der Waals surface area (Å²) in [5.41, 5.74) is 0.522. The van der Waals surface area contributed by atoms with E-state index >= 15 is 0 Å². The maximum atomic E-state index is 14.5. The molecule has 1 nitrogen and oxygen atoms in total. The molecule has 1 aliphatic carbocycles. The molecule has 1 aliphatic rings. The first-order valence-corrected chi connectivity index (χ1v) is 10.5. The van der Waals surface area contributed by atoms with Gasteiger partial charge in [-0.3, -0.25) is 0 Å². The van der Waals surface area contributed by atoms with Crippen LogP contribution in [0.5, 0.6) is 5.75 Å². The van der Waals surface area contributed by atoms with Crippen LogP contribution in [0.3, 0.4) is 0 Å². The minimum Gasteiger partial charge on any atom is -0.462 e. The Morgan fingerprint density at radius 3 is 2.42 bits per heavy atom. The molecule has 0 unspecified atom stereocenters. The van der Waals surface area contributed by atoms with Gasteiger partial charge in [-0.2, -0.15) is 4.39 Å². The first-order chi connectivity index (χ1) is 12.7. The van der Waals surface area contributed by atoms with Crippen LogP contribution in [0.1, 0.15) is 96.0 Å². The van der Waals surface area contributed by atoms with Crippen molar-refractivity contribution in [2.24, 2.45) is 5.92 Å². The summed E-state index contributed by atoms with van der Waals surface area (Å²) in [4.78, 5) is 0. The van der Waals surface area contributed by atoms with Crippen molar-refractivity contribution in [1.29, 1.82) is 0 Å². The highest BCUT2D eigenvalue weighted by Crippen LogP contribution is 2.39. The molecule has 0 heterocycles. The number of rotatable bonds is 10. The largest absolute Gasteiger partial charge is 0.462 e. The lowest BCUT2D eigenvalue weighted by Gasteiger charge is -2.29. The molecular weight excluding hydrogens is 330 g/mol. The van der Waals surface area contributed by atoms with Crippen molar-refractivity contribution in [2.75, 3.05) is 0 Å². The van der Waals surface area contributed by atoms with Gasteiger partial charge in [-0.25, -0.2) is 4.39 Å². The van der Waals surface area contributed by atoms with E-state index in [1.807, 2.05) is 6.08 Å². The summed E-state index contributed by atoms with van der Waals surface area (Å²) in [5, 5.41) is 0. The number of unbranched alkanes of at least 4 members (excludes halogenated alkanes) is 4. The van der Waals surface area contributed by atoms with Gasteiger partial charge in [0.2, 0.25) is 5.82 Å². The normalized spacial score (nSPS) is 20.6. The van der Waals surface area contributed by atoms with Gasteiger partial charge in [0.05, 0.1) is 6.26 Å². The smallest absolute Gasteiger partial charge is 0.201 e. The second-order valence-corrected chi connectivity index (χ2v) is 7.63. The highest BCUT2D eigenvalue weighted by molar-refractivity contribution is 5.33. The number of allylic oxidation sites excluding steroid dienone is 1. The van der Waals surface area contributed by atoms with Gasteiger partial charge in [0.1, 0.15) is 0 Å². The summed E-state index contributed by atoms with van der Waals surface area (Å²) in [7, 11) is 0. The van der Waals surface area contributed by atoms with Gasteiger partial charge in [-0.1, -0.05) is 52.0 Å². The summed E-state index contributed by atoms with van der Waals surface area (Å²) in [5.74, 6) is -0.697. The number of benzene rings is 1. The molecule has 146 valence electrons. The Hall–Kier alpha value is -1.38. The molecule has 0 saturated heterocycles. The van der Waals surface area contributed by atoms with Crippen LogP contribution < -0.4 is 4.74 Å². The third-order valence-corrected chi connectivity index (χ3v) is 5.58.